The Balaban J connectivity index is 2.27. The molecule has 0 aromatic heterocycles. The molecule has 1 aliphatic rings. The summed E-state index contributed by atoms with van der Waals surface area (Å²) in [6.07, 6.45) is 4.92. The Bertz CT molecular complexity index is 281. The molecule has 0 bridgehead atoms. The summed E-state index contributed by atoms with van der Waals surface area (Å²) in [7, 11) is 3.83. The lowest BCUT2D eigenvalue weighted by Gasteiger charge is -2.08. The van der Waals surface area contributed by atoms with Crippen LogP contribution in [0.15, 0.2) is 12.2 Å². The van der Waals surface area contributed by atoms with E-state index in [0.29, 0.717) is 6.54 Å². The first-order valence-electron chi connectivity index (χ1n) is 5.49. The highest BCUT2D eigenvalue weighted by atomic mass is 16.2. The molecular formula is C11H19N3O2. The van der Waals surface area contributed by atoms with Gasteiger partial charge < -0.3 is 10.2 Å². The third-order valence-electron chi connectivity index (χ3n) is 2.36. The molecule has 2 amide bonds. The highest BCUT2D eigenvalue weighted by Gasteiger charge is 2.22. The van der Waals surface area contributed by atoms with Gasteiger partial charge in [0.05, 0.1) is 6.04 Å². The molecule has 5 heteroatoms. The minimum atomic E-state index is -0.347. The lowest BCUT2D eigenvalue weighted by molar-refractivity contribution is -0.129. The number of carbonyl (C=O) groups is 2. The van der Waals surface area contributed by atoms with Crippen LogP contribution in [-0.4, -0.2) is 49.9 Å². The van der Waals surface area contributed by atoms with Crippen LogP contribution in [0.4, 0.5) is 0 Å². The topological polar surface area (TPSA) is 61.4 Å². The maximum atomic E-state index is 11.5. The Kier molecular flexibility index (Phi) is 5.14. The molecule has 0 saturated carbocycles. The minimum absolute atomic E-state index is 0.203. The van der Waals surface area contributed by atoms with Crippen molar-refractivity contribution >= 4 is 11.8 Å². The Morgan fingerprint density at radius 1 is 1.50 bits per heavy atom. The molecule has 1 rings (SSSR count). The molecular weight excluding hydrogens is 206 g/mol. The summed E-state index contributed by atoms with van der Waals surface area (Å²) < 4.78 is 0. The number of hydrogen-bond donors (Lipinski definition) is 2. The van der Waals surface area contributed by atoms with Crippen LogP contribution in [0.1, 0.15) is 12.8 Å². The number of imide groups is 1. The third kappa shape index (κ3) is 4.55. The predicted octanol–water partition coefficient (Wildman–Crippen LogP) is -0.501. The number of hydrogen-bond acceptors (Lipinski definition) is 4. The average molecular weight is 225 g/mol. The van der Waals surface area contributed by atoms with Gasteiger partial charge in [0, 0.05) is 12.6 Å². The van der Waals surface area contributed by atoms with Crippen molar-refractivity contribution in [3.63, 3.8) is 0 Å². The zero-order valence-electron chi connectivity index (χ0n) is 9.82. The number of likely N-dealkylation sites (N-methyl/N-ethyl adjacent to an activating group) is 1. The van der Waals surface area contributed by atoms with Crippen molar-refractivity contribution in [2.75, 3.05) is 27.2 Å². The molecule has 1 fully saturated rings. The lowest BCUT2D eigenvalue weighted by Crippen LogP contribution is -2.42. The lowest BCUT2D eigenvalue weighted by atomic mass is 10.2. The van der Waals surface area contributed by atoms with Crippen LogP contribution in [0.5, 0.6) is 0 Å². The fourth-order valence-electron chi connectivity index (χ4n) is 1.53. The van der Waals surface area contributed by atoms with Gasteiger partial charge in [0.25, 0.3) is 0 Å². The normalized spacial score (nSPS) is 20.6. The van der Waals surface area contributed by atoms with Crippen LogP contribution in [0.25, 0.3) is 0 Å². The third-order valence-corrected chi connectivity index (χ3v) is 2.36. The quantitative estimate of drug-likeness (QED) is 0.633. The van der Waals surface area contributed by atoms with E-state index >= 15 is 0 Å². The summed E-state index contributed by atoms with van der Waals surface area (Å²) in [6, 6.07) is -0.203. The van der Waals surface area contributed by atoms with Gasteiger partial charge in [0.2, 0.25) is 11.8 Å². The van der Waals surface area contributed by atoms with E-state index in [0.717, 1.165) is 19.4 Å². The maximum absolute atomic E-state index is 11.5. The molecule has 2 N–H and O–H groups in total. The number of carbonyl (C=O) groups excluding carboxylic acids is 2. The molecule has 0 aliphatic carbocycles. The predicted molar refractivity (Wildman–Crippen MR) is 61.9 cm³/mol. The van der Waals surface area contributed by atoms with Crippen LogP contribution < -0.4 is 10.6 Å². The summed E-state index contributed by atoms with van der Waals surface area (Å²) in [5, 5.41) is 5.39. The Labute approximate surface area is 95.9 Å². The van der Waals surface area contributed by atoms with Crippen molar-refractivity contribution in [3.8, 4) is 0 Å². The van der Waals surface area contributed by atoms with E-state index in [9.17, 15) is 9.59 Å². The zero-order chi connectivity index (χ0) is 12.0. The van der Waals surface area contributed by atoms with E-state index in [-0.39, 0.29) is 17.9 Å². The molecule has 1 unspecified atom stereocenters. The van der Waals surface area contributed by atoms with E-state index in [1.54, 1.807) is 6.08 Å². The van der Waals surface area contributed by atoms with Gasteiger partial charge in [-0.3, -0.25) is 14.9 Å². The molecule has 1 atom stereocenters. The molecule has 0 aromatic carbocycles. The Hall–Kier alpha value is -1.20. The SMILES string of the molecule is CN(C)CC=CC(=O)NC(=O)C1CCCN1. The molecule has 0 radical (unpaired) electrons. The van der Waals surface area contributed by atoms with Gasteiger partial charge in [0.15, 0.2) is 0 Å². The summed E-state index contributed by atoms with van der Waals surface area (Å²) >= 11 is 0. The monoisotopic (exact) mass is 225 g/mol. The maximum Gasteiger partial charge on any atom is 0.250 e. The summed E-state index contributed by atoms with van der Waals surface area (Å²) in [4.78, 5) is 24.8. The molecule has 16 heavy (non-hydrogen) atoms. The van der Waals surface area contributed by atoms with E-state index in [1.807, 2.05) is 19.0 Å². The average Bonchev–Trinajstić information content (AvgIpc) is 2.69. The molecule has 1 saturated heterocycles. The van der Waals surface area contributed by atoms with Gasteiger partial charge >= 0.3 is 0 Å². The second-order valence-electron chi connectivity index (χ2n) is 4.17. The van der Waals surface area contributed by atoms with Gasteiger partial charge in [-0.15, -0.1) is 0 Å². The summed E-state index contributed by atoms with van der Waals surface area (Å²) in [5.74, 6) is -0.572. The van der Waals surface area contributed by atoms with E-state index in [4.69, 9.17) is 0 Å². The van der Waals surface area contributed by atoms with Crippen molar-refractivity contribution < 1.29 is 9.59 Å². The summed E-state index contributed by atoms with van der Waals surface area (Å²) in [6.45, 7) is 1.53. The molecule has 5 nitrogen and oxygen atoms in total. The standard InChI is InChI=1S/C11H19N3O2/c1-14(2)8-4-6-10(15)13-11(16)9-5-3-7-12-9/h4,6,9,12H,3,5,7-8H2,1-2H3,(H,13,15,16). The number of nitrogens with one attached hydrogen (secondary N) is 2. The Morgan fingerprint density at radius 2 is 2.25 bits per heavy atom. The van der Waals surface area contributed by atoms with Gasteiger partial charge in [-0.05, 0) is 33.5 Å². The van der Waals surface area contributed by atoms with Gasteiger partial charge in [-0.1, -0.05) is 6.08 Å². The second kappa shape index (κ2) is 6.40. The second-order valence-corrected chi connectivity index (χ2v) is 4.17. The highest BCUT2D eigenvalue weighted by Crippen LogP contribution is 2.04. The van der Waals surface area contributed by atoms with Crippen molar-refractivity contribution in [2.45, 2.75) is 18.9 Å². The van der Waals surface area contributed by atoms with Gasteiger partial charge in [0.1, 0.15) is 0 Å². The highest BCUT2D eigenvalue weighted by molar-refractivity contribution is 6.02. The van der Waals surface area contributed by atoms with Crippen LogP contribution in [0.2, 0.25) is 0 Å². The number of nitrogens with zero attached hydrogens (tertiary/aromatic N) is 1. The molecule has 90 valence electrons. The first-order valence-corrected chi connectivity index (χ1v) is 5.49. The van der Waals surface area contributed by atoms with Crippen molar-refractivity contribution in [2.24, 2.45) is 0 Å². The fourth-order valence-corrected chi connectivity index (χ4v) is 1.53. The molecule has 0 spiro atoms. The van der Waals surface area contributed by atoms with Crippen molar-refractivity contribution in [1.82, 2.24) is 15.5 Å². The molecule has 1 aliphatic heterocycles. The minimum Gasteiger partial charge on any atom is -0.306 e. The van der Waals surface area contributed by atoms with E-state index in [1.165, 1.54) is 6.08 Å². The Morgan fingerprint density at radius 3 is 2.81 bits per heavy atom. The van der Waals surface area contributed by atoms with Crippen LogP contribution in [0, 0.1) is 0 Å². The number of amides is 2. The largest absolute Gasteiger partial charge is 0.306 e. The smallest absolute Gasteiger partial charge is 0.250 e. The zero-order valence-corrected chi connectivity index (χ0v) is 9.82. The van der Waals surface area contributed by atoms with Crippen molar-refractivity contribution in [1.29, 1.82) is 0 Å². The van der Waals surface area contributed by atoms with Crippen LogP contribution >= 0.6 is 0 Å². The first kappa shape index (κ1) is 12.9. The van der Waals surface area contributed by atoms with Gasteiger partial charge in [-0.2, -0.15) is 0 Å². The fraction of sp³-hybridized carbons (Fsp3) is 0.636. The van der Waals surface area contributed by atoms with Crippen molar-refractivity contribution in [3.05, 3.63) is 12.2 Å². The first-order chi connectivity index (χ1) is 7.59. The van der Waals surface area contributed by atoms with E-state index in [2.05, 4.69) is 10.6 Å². The van der Waals surface area contributed by atoms with Crippen LogP contribution in [0.3, 0.4) is 0 Å². The van der Waals surface area contributed by atoms with Gasteiger partial charge in [-0.25, -0.2) is 0 Å². The number of rotatable bonds is 4. The summed E-state index contributed by atoms with van der Waals surface area (Å²) in [5.41, 5.74) is 0. The molecule has 1 heterocycles. The van der Waals surface area contributed by atoms with E-state index < -0.39 is 0 Å². The van der Waals surface area contributed by atoms with Crippen LogP contribution in [-0.2, 0) is 9.59 Å². The molecule has 0 aromatic rings.